The average molecular weight is 278 g/mol. The predicted molar refractivity (Wildman–Crippen MR) is 59.8 cm³/mol. The highest BCUT2D eigenvalue weighted by molar-refractivity contribution is 5.82. The number of alkyl halides is 3. The van der Waals surface area contributed by atoms with Gasteiger partial charge in [-0.1, -0.05) is 0 Å². The predicted octanol–water partition coefficient (Wildman–Crippen LogP) is 1.93. The van der Waals surface area contributed by atoms with Gasteiger partial charge in [-0.05, 0) is 12.1 Å². The molecule has 1 aromatic rings. The van der Waals surface area contributed by atoms with E-state index in [1.165, 1.54) is 19.2 Å². The third-order valence-electron chi connectivity index (χ3n) is 2.72. The van der Waals surface area contributed by atoms with Crippen LogP contribution in [0.5, 0.6) is 5.75 Å². The zero-order valence-electron chi connectivity index (χ0n) is 9.78. The van der Waals surface area contributed by atoms with Gasteiger partial charge in [0.05, 0.1) is 20.0 Å². The topological polar surface area (TPSA) is 45.1 Å². The first-order valence-corrected chi connectivity index (χ1v) is 5.21. The molecule has 0 aliphatic carbocycles. The molecule has 1 N–H and O–H groups in total. The number of ether oxygens (including phenoxy) is 1. The lowest BCUT2D eigenvalue weighted by Crippen LogP contribution is -2.47. The molecule has 1 aliphatic rings. The molecule has 1 atom stereocenters. The molecule has 0 amide bonds. The summed E-state index contributed by atoms with van der Waals surface area (Å²) in [5.74, 6) is -0.734. The van der Waals surface area contributed by atoms with Gasteiger partial charge in [0.2, 0.25) is 0 Å². The van der Waals surface area contributed by atoms with E-state index in [1.54, 1.807) is 0 Å². The summed E-state index contributed by atoms with van der Waals surface area (Å²) < 4.78 is 55.8. The number of β-amino-alcohol motifs (C(OH)–C–C–N with tert-alkyl or cyclic N) is 1. The lowest BCUT2D eigenvalue weighted by atomic mass is 10.2. The van der Waals surface area contributed by atoms with Gasteiger partial charge in [-0.25, -0.2) is 9.38 Å². The zero-order valence-corrected chi connectivity index (χ0v) is 9.78. The normalized spacial score (nSPS) is 22.9. The van der Waals surface area contributed by atoms with Crippen molar-refractivity contribution < 1.29 is 27.4 Å². The standard InChI is InChI=1S/C11H10F4N2O2/c1-19-9-3-2-7(4-8(9)12)17-5-10(18,16-6-17)11(13,14)15/h2-4,6,18H,5H2,1H3. The lowest BCUT2D eigenvalue weighted by molar-refractivity contribution is -0.249. The molecule has 104 valence electrons. The fourth-order valence-electron chi connectivity index (χ4n) is 1.64. The number of rotatable bonds is 2. The largest absolute Gasteiger partial charge is 0.494 e. The molecule has 0 fully saturated rings. The van der Waals surface area contributed by atoms with Crippen molar-refractivity contribution in [1.29, 1.82) is 0 Å². The van der Waals surface area contributed by atoms with Crippen LogP contribution in [-0.4, -0.2) is 37.0 Å². The second-order valence-corrected chi connectivity index (χ2v) is 4.01. The fourth-order valence-corrected chi connectivity index (χ4v) is 1.64. The van der Waals surface area contributed by atoms with Gasteiger partial charge in [-0.3, -0.25) is 0 Å². The molecule has 2 rings (SSSR count). The van der Waals surface area contributed by atoms with Crippen LogP contribution < -0.4 is 9.64 Å². The molecular weight excluding hydrogens is 268 g/mol. The molecule has 1 heterocycles. The van der Waals surface area contributed by atoms with Crippen LogP contribution in [0.1, 0.15) is 0 Å². The van der Waals surface area contributed by atoms with Gasteiger partial charge in [0, 0.05) is 11.8 Å². The van der Waals surface area contributed by atoms with Crippen LogP contribution in [0.4, 0.5) is 23.2 Å². The maximum atomic E-state index is 13.4. The molecule has 1 unspecified atom stereocenters. The number of hydrogen-bond donors (Lipinski definition) is 1. The fraction of sp³-hybridized carbons (Fsp3) is 0.364. The zero-order chi connectivity index (χ0) is 14.3. The molecule has 0 saturated carbocycles. The molecule has 19 heavy (non-hydrogen) atoms. The Bertz CT molecular complexity index is 518. The highest BCUT2D eigenvalue weighted by Gasteiger charge is 2.57. The molecule has 0 radical (unpaired) electrons. The van der Waals surface area contributed by atoms with Crippen molar-refractivity contribution >= 4 is 12.0 Å². The van der Waals surface area contributed by atoms with Gasteiger partial charge in [0.15, 0.2) is 11.6 Å². The molecule has 8 heteroatoms. The average Bonchev–Trinajstić information content (AvgIpc) is 2.72. The van der Waals surface area contributed by atoms with Crippen LogP contribution >= 0.6 is 0 Å². The molecule has 4 nitrogen and oxygen atoms in total. The number of halogens is 4. The number of nitrogens with zero attached hydrogens (tertiary/aromatic N) is 2. The summed E-state index contributed by atoms with van der Waals surface area (Å²) in [6.07, 6.45) is -4.06. The number of benzene rings is 1. The number of hydrogen-bond acceptors (Lipinski definition) is 4. The Balaban J connectivity index is 2.23. The summed E-state index contributed by atoms with van der Waals surface area (Å²) in [5.41, 5.74) is -3.02. The molecule has 0 spiro atoms. The van der Waals surface area contributed by atoms with Gasteiger partial charge in [-0.15, -0.1) is 0 Å². The van der Waals surface area contributed by atoms with Gasteiger partial charge < -0.3 is 14.7 Å². The summed E-state index contributed by atoms with van der Waals surface area (Å²) in [5, 5.41) is 9.35. The van der Waals surface area contributed by atoms with Crippen LogP contribution in [0.25, 0.3) is 0 Å². The van der Waals surface area contributed by atoms with E-state index >= 15 is 0 Å². The van der Waals surface area contributed by atoms with Crippen LogP contribution in [0.15, 0.2) is 23.2 Å². The van der Waals surface area contributed by atoms with Crippen molar-refractivity contribution in [3.8, 4) is 5.75 Å². The molecule has 0 aromatic heterocycles. The Morgan fingerprint density at radius 3 is 2.58 bits per heavy atom. The first-order valence-electron chi connectivity index (χ1n) is 5.21. The maximum absolute atomic E-state index is 13.4. The maximum Gasteiger partial charge on any atom is 0.440 e. The number of methoxy groups -OCH3 is 1. The van der Waals surface area contributed by atoms with E-state index < -0.39 is 24.3 Å². The van der Waals surface area contributed by atoms with Crippen molar-refractivity contribution in [3.63, 3.8) is 0 Å². The van der Waals surface area contributed by atoms with Gasteiger partial charge in [0.1, 0.15) is 0 Å². The number of aliphatic hydroxyl groups is 1. The van der Waals surface area contributed by atoms with Crippen LogP contribution in [-0.2, 0) is 0 Å². The van der Waals surface area contributed by atoms with Crippen LogP contribution in [0, 0.1) is 5.82 Å². The first-order chi connectivity index (χ1) is 8.77. The Morgan fingerprint density at radius 2 is 2.11 bits per heavy atom. The summed E-state index contributed by atoms with van der Waals surface area (Å²) >= 11 is 0. The first kappa shape index (κ1) is 13.6. The highest BCUT2D eigenvalue weighted by atomic mass is 19.4. The summed E-state index contributed by atoms with van der Waals surface area (Å²) in [6, 6.07) is 3.66. The van der Waals surface area contributed by atoms with Crippen molar-refractivity contribution in [1.82, 2.24) is 0 Å². The van der Waals surface area contributed by atoms with Crippen molar-refractivity contribution in [3.05, 3.63) is 24.0 Å². The van der Waals surface area contributed by atoms with E-state index in [1.807, 2.05) is 0 Å². The lowest BCUT2D eigenvalue weighted by Gasteiger charge is -2.24. The van der Waals surface area contributed by atoms with E-state index in [4.69, 9.17) is 4.74 Å². The van der Waals surface area contributed by atoms with Crippen molar-refractivity contribution in [2.24, 2.45) is 4.99 Å². The summed E-state index contributed by atoms with van der Waals surface area (Å²) in [4.78, 5) is 4.06. The van der Waals surface area contributed by atoms with E-state index in [0.29, 0.717) is 0 Å². The van der Waals surface area contributed by atoms with E-state index in [9.17, 15) is 22.7 Å². The third-order valence-corrected chi connectivity index (χ3v) is 2.72. The van der Waals surface area contributed by atoms with Crippen molar-refractivity contribution in [2.75, 3.05) is 18.6 Å². The van der Waals surface area contributed by atoms with E-state index in [2.05, 4.69) is 4.99 Å². The van der Waals surface area contributed by atoms with Gasteiger partial charge >= 0.3 is 6.18 Å². The summed E-state index contributed by atoms with van der Waals surface area (Å²) in [7, 11) is 1.28. The Hall–Kier alpha value is -1.83. The monoisotopic (exact) mass is 278 g/mol. The van der Waals surface area contributed by atoms with Crippen LogP contribution in [0.2, 0.25) is 0 Å². The van der Waals surface area contributed by atoms with E-state index in [-0.39, 0.29) is 11.4 Å². The van der Waals surface area contributed by atoms with Gasteiger partial charge in [-0.2, -0.15) is 13.2 Å². The molecule has 0 bridgehead atoms. The smallest absolute Gasteiger partial charge is 0.440 e. The second-order valence-electron chi connectivity index (χ2n) is 4.01. The highest BCUT2D eigenvalue weighted by Crippen LogP contribution is 2.36. The summed E-state index contributed by atoms with van der Waals surface area (Å²) in [6.45, 7) is -0.817. The molecule has 0 saturated heterocycles. The molecule has 1 aliphatic heterocycles. The minimum Gasteiger partial charge on any atom is -0.494 e. The number of aliphatic imine (C=N–C) groups is 1. The Morgan fingerprint density at radius 1 is 1.42 bits per heavy atom. The quantitative estimate of drug-likeness (QED) is 0.841. The molecular formula is C11H10F4N2O2. The Kier molecular flexibility index (Phi) is 3.13. The SMILES string of the molecule is COc1ccc(N2C=NC(O)(C(F)(F)F)C2)cc1F. The molecule has 1 aromatic carbocycles. The minimum atomic E-state index is -4.89. The van der Waals surface area contributed by atoms with E-state index in [0.717, 1.165) is 17.3 Å². The van der Waals surface area contributed by atoms with Crippen LogP contribution in [0.3, 0.4) is 0 Å². The van der Waals surface area contributed by atoms with Crippen molar-refractivity contribution in [2.45, 2.75) is 11.9 Å². The minimum absolute atomic E-state index is 0.0223. The number of anilines is 1. The third kappa shape index (κ3) is 2.35. The second kappa shape index (κ2) is 4.37. The van der Waals surface area contributed by atoms with Gasteiger partial charge in [0.25, 0.3) is 5.72 Å². The Labute approximate surface area is 105 Å².